The van der Waals surface area contributed by atoms with E-state index in [0.29, 0.717) is 31.8 Å². The number of benzene rings is 2. The zero-order chi connectivity index (χ0) is 23.7. The Morgan fingerprint density at radius 3 is 2.03 bits per heavy atom. The van der Waals surface area contributed by atoms with Crippen LogP contribution >= 0.6 is 0 Å². The lowest BCUT2D eigenvalue weighted by molar-refractivity contribution is 0.0176. The molecule has 3 aromatic rings. The number of rotatable bonds is 4. The van der Waals surface area contributed by atoms with Crippen LogP contribution in [0, 0.1) is 0 Å². The molecule has 0 aliphatic carbocycles. The largest absolute Gasteiger partial charge is 0.444 e. The van der Waals surface area contributed by atoms with Crippen LogP contribution < -0.4 is 0 Å². The minimum absolute atomic E-state index is 0. The van der Waals surface area contributed by atoms with Crippen LogP contribution in [0.1, 0.15) is 71.8 Å². The van der Waals surface area contributed by atoms with Crippen molar-refractivity contribution < 1.29 is 9.53 Å². The number of aromatic nitrogens is 4. The highest BCUT2D eigenvalue weighted by molar-refractivity contribution is 5.68. The molecule has 34 heavy (non-hydrogen) atoms. The third-order valence-electron chi connectivity index (χ3n) is 6.42. The van der Waals surface area contributed by atoms with Gasteiger partial charge in [-0.2, -0.15) is 4.80 Å². The Balaban J connectivity index is 0.00000324. The maximum atomic E-state index is 12.6. The monoisotopic (exact) mass is 463 g/mol. The number of carbonyl (C=O) groups is 1. The molecule has 0 spiro atoms. The molecular formula is C27H37N5O2. The predicted octanol–water partition coefficient (Wildman–Crippen LogP) is 5.41. The summed E-state index contributed by atoms with van der Waals surface area (Å²) in [4.78, 5) is 16.1. The van der Waals surface area contributed by atoms with Crippen LogP contribution in [0.4, 0.5) is 4.79 Å². The first-order chi connectivity index (χ1) is 15.6. The Labute approximate surface area is 203 Å². The van der Waals surface area contributed by atoms with Gasteiger partial charge < -0.3 is 9.64 Å². The second-order valence-corrected chi connectivity index (χ2v) is 10.2. The molecule has 4 rings (SSSR count). The molecule has 7 heteroatoms. The van der Waals surface area contributed by atoms with Crippen LogP contribution in [-0.4, -0.2) is 49.9 Å². The van der Waals surface area contributed by atoms with Crippen LogP contribution in [0.3, 0.4) is 0 Å². The van der Waals surface area contributed by atoms with Crippen molar-refractivity contribution in [2.45, 2.75) is 71.4 Å². The number of hydrogen-bond acceptors (Lipinski definition) is 5. The van der Waals surface area contributed by atoms with E-state index < -0.39 is 16.6 Å². The highest BCUT2D eigenvalue weighted by Crippen LogP contribution is 2.40. The molecule has 1 aliphatic heterocycles. The van der Waals surface area contributed by atoms with E-state index in [2.05, 4.69) is 48.4 Å². The van der Waals surface area contributed by atoms with Crippen LogP contribution in [-0.2, 0) is 15.7 Å². The summed E-state index contributed by atoms with van der Waals surface area (Å²) < 4.78 is 5.59. The van der Waals surface area contributed by atoms with Crippen molar-refractivity contribution >= 4 is 6.09 Å². The fraction of sp³-hybridized carbons (Fsp3) is 0.481. The van der Waals surface area contributed by atoms with Crippen LogP contribution in [0.25, 0.3) is 0 Å². The summed E-state index contributed by atoms with van der Waals surface area (Å²) in [5.74, 6) is 0.696. The molecule has 0 bridgehead atoms. The molecule has 2 heterocycles. The first-order valence-electron chi connectivity index (χ1n) is 11.5. The molecule has 0 atom stereocenters. The quantitative estimate of drug-likeness (QED) is 0.517. The second kappa shape index (κ2) is 9.57. The van der Waals surface area contributed by atoms with E-state index in [-0.39, 0.29) is 13.5 Å². The van der Waals surface area contributed by atoms with Crippen molar-refractivity contribution in [3.05, 3.63) is 77.6 Å². The van der Waals surface area contributed by atoms with Gasteiger partial charge in [0.1, 0.15) is 11.1 Å². The molecule has 0 N–H and O–H groups in total. The number of likely N-dealkylation sites (tertiary alicyclic amines) is 1. The minimum atomic E-state index is -0.516. The van der Waals surface area contributed by atoms with E-state index in [1.165, 1.54) is 0 Å². The topological polar surface area (TPSA) is 73.1 Å². The van der Waals surface area contributed by atoms with E-state index >= 15 is 0 Å². The van der Waals surface area contributed by atoms with Gasteiger partial charge in [-0.15, -0.1) is 10.2 Å². The Bertz CT molecular complexity index is 1080. The normalized spacial score (nSPS) is 16.0. The van der Waals surface area contributed by atoms with Gasteiger partial charge in [0, 0.05) is 13.1 Å². The average Bonchev–Trinajstić information content (AvgIpc) is 3.31. The van der Waals surface area contributed by atoms with Crippen molar-refractivity contribution in [2.24, 2.45) is 0 Å². The van der Waals surface area contributed by atoms with Gasteiger partial charge in [0.15, 0.2) is 5.82 Å². The van der Waals surface area contributed by atoms with Crippen molar-refractivity contribution in [1.82, 2.24) is 25.1 Å². The Morgan fingerprint density at radius 2 is 1.47 bits per heavy atom. The summed E-state index contributed by atoms with van der Waals surface area (Å²) in [5, 5.41) is 14.0. The van der Waals surface area contributed by atoms with E-state index in [9.17, 15) is 4.79 Å². The highest BCUT2D eigenvalue weighted by atomic mass is 16.6. The Kier molecular flexibility index (Phi) is 7.15. The molecule has 182 valence electrons. The second-order valence-electron chi connectivity index (χ2n) is 10.2. The molecule has 0 unspecified atom stereocenters. The number of tetrazole rings is 1. The number of amides is 1. The summed E-state index contributed by atoms with van der Waals surface area (Å²) in [6, 6.07) is 20.5. The predicted molar refractivity (Wildman–Crippen MR) is 134 cm³/mol. The van der Waals surface area contributed by atoms with Gasteiger partial charge in [0.05, 0.1) is 5.41 Å². The maximum absolute atomic E-state index is 12.6. The maximum Gasteiger partial charge on any atom is 0.410 e. The SMILES string of the molecule is C.CC(C)(C)OC(=O)N1CCC(c2ccccc2)(c2nnn(C(C)(C)c3ccccc3)n2)CC1. The van der Waals surface area contributed by atoms with E-state index in [0.717, 1.165) is 11.1 Å². The molecule has 1 amide bonds. The number of carbonyl (C=O) groups excluding carboxylic acids is 1. The first kappa shape index (κ1) is 25.4. The lowest BCUT2D eigenvalue weighted by Gasteiger charge is -2.40. The lowest BCUT2D eigenvalue weighted by Crippen LogP contribution is -2.47. The highest BCUT2D eigenvalue weighted by Gasteiger charge is 2.44. The number of piperidine rings is 1. The van der Waals surface area contributed by atoms with E-state index in [1.54, 1.807) is 9.70 Å². The molecule has 0 radical (unpaired) electrons. The number of hydrogen-bond donors (Lipinski definition) is 0. The fourth-order valence-corrected chi connectivity index (χ4v) is 4.40. The molecule has 1 aliphatic rings. The van der Waals surface area contributed by atoms with Gasteiger partial charge in [0.2, 0.25) is 0 Å². The molecule has 2 aromatic carbocycles. The average molecular weight is 464 g/mol. The van der Waals surface area contributed by atoms with Crippen molar-refractivity contribution in [2.75, 3.05) is 13.1 Å². The summed E-state index contributed by atoms with van der Waals surface area (Å²) >= 11 is 0. The van der Waals surface area contributed by atoms with Crippen molar-refractivity contribution in [1.29, 1.82) is 0 Å². The summed E-state index contributed by atoms with van der Waals surface area (Å²) in [7, 11) is 0. The summed E-state index contributed by atoms with van der Waals surface area (Å²) in [5.41, 5.74) is 0.887. The Hall–Kier alpha value is -3.22. The molecular weight excluding hydrogens is 426 g/mol. The molecule has 7 nitrogen and oxygen atoms in total. The summed E-state index contributed by atoms with van der Waals surface area (Å²) in [6.45, 7) is 11.0. The lowest BCUT2D eigenvalue weighted by atomic mass is 9.72. The third kappa shape index (κ3) is 4.98. The summed E-state index contributed by atoms with van der Waals surface area (Å²) in [6.07, 6.45) is 1.13. The van der Waals surface area contributed by atoms with E-state index in [4.69, 9.17) is 9.84 Å². The number of nitrogens with zero attached hydrogens (tertiary/aromatic N) is 5. The van der Waals surface area contributed by atoms with Crippen molar-refractivity contribution in [3.63, 3.8) is 0 Å². The van der Waals surface area contributed by atoms with Gasteiger partial charge in [-0.25, -0.2) is 4.79 Å². The van der Waals surface area contributed by atoms with Gasteiger partial charge in [-0.05, 0) is 63.8 Å². The van der Waals surface area contributed by atoms with Crippen LogP contribution in [0.15, 0.2) is 60.7 Å². The number of ether oxygens (including phenoxy) is 1. The van der Waals surface area contributed by atoms with Gasteiger partial charge in [0.25, 0.3) is 0 Å². The molecule has 1 saturated heterocycles. The van der Waals surface area contributed by atoms with Crippen LogP contribution in [0.2, 0.25) is 0 Å². The van der Waals surface area contributed by atoms with Crippen molar-refractivity contribution in [3.8, 4) is 0 Å². The van der Waals surface area contributed by atoms with Crippen LogP contribution in [0.5, 0.6) is 0 Å². The molecule has 0 saturated carbocycles. The van der Waals surface area contributed by atoms with Gasteiger partial charge >= 0.3 is 6.09 Å². The Morgan fingerprint density at radius 1 is 0.912 bits per heavy atom. The third-order valence-corrected chi connectivity index (χ3v) is 6.42. The zero-order valence-corrected chi connectivity index (χ0v) is 20.2. The zero-order valence-electron chi connectivity index (χ0n) is 20.2. The van der Waals surface area contributed by atoms with Gasteiger partial charge in [-0.3, -0.25) is 0 Å². The molecule has 1 fully saturated rings. The van der Waals surface area contributed by atoms with Gasteiger partial charge in [-0.1, -0.05) is 68.1 Å². The first-order valence-corrected chi connectivity index (χ1v) is 11.5. The fourth-order valence-electron chi connectivity index (χ4n) is 4.40. The van der Waals surface area contributed by atoms with E-state index in [1.807, 2.05) is 57.2 Å². The smallest absolute Gasteiger partial charge is 0.410 e. The minimum Gasteiger partial charge on any atom is -0.444 e. The standard InChI is InChI=1S/C26H33N5O2.CH4/c1-24(2,3)33-23(32)30-18-16-26(17-19-30,21-14-10-7-11-15-21)22-27-29-31(28-22)25(4,5)20-12-8-6-9-13-20;/h6-15H,16-19H2,1-5H3;1H4. The molecule has 1 aromatic heterocycles.